The van der Waals surface area contributed by atoms with Crippen LogP contribution < -0.4 is 0 Å². The molecule has 7 heteroatoms. The highest BCUT2D eigenvalue weighted by Crippen LogP contribution is 2.34. The van der Waals surface area contributed by atoms with Gasteiger partial charge in [0.15, 0.2) is 0 Å². The molecule has 2 aromatic carbocycles. The number of likely N-dealkylation sites (tertiary alicyclic amines) is 1. The number of benzene rings is 2. The van der Waals surface area contributed by atoms with Crippen LogP contribution in [0.5, 0.6) is 0 Å². The molecule has 3 rings (SSSR count). The Balaban J connectivity index is 1.79. The number of carbonyl (C=O) groups excluding carboxylic acids is 1. The smallest absolute Gasteiger partial charge is 0.248 e. The van der Waals surface area contributed by atoms with Gasteiger partial charge in [0.2, 0.25) is 5.91 Å². The van der Waals surface area contributed by atoms with Crippen LogP contribution in [0.4, 0.5) is 4.39 Å². The zero-order chi connectivity index (χ0) is 22.2. The summed E-state index contributed by atoms with van der Waals surface area (Å²) in [6.45, 7) is 3.97. The first-order valence-electron chi connectivity index (χ1n) is 10.5. The standard InChI is InChI=1S/C24H30ClFN2O3/c1-30-11-10-28(24(29)17-31-2)15-20-14-27(13-18-6-8-21(25)9-7-18)16-23(20)19-4-3-5-22(26)12-19/h3-9,12,20,23H,10-11,13-17H2,1-2H3/t20-,23+/m0/s1. The van der Waals surface area contributed by atoms with E-state index in [2.05, 4.69) is 4.90 Å². The summed E-state index contributed by atoms with van der Waals surface area (Å²) in [6.07, 6.45) is 0. The van der Waals surface area contributed by atoms with Gasteiger partial charge in [-0.05, 0) is 41.3 Å². The molecule has 1 saturated heterocycles. The molecule has 0 saturated carbocycles. The molecule has 1 fully saturated rings. The van der Waals surface area contributed by atoms with Crippen LogP contribution in [0.3, 0.4) is 0 Å². The number of hydrogen-bond acceptors (Lipinski definition) is 4. The third-order valence-corrected chi connectivity index (χ3v) is 6.01. The lowest BCUT2D eigenvalue weighted by Crippen LogP contribution is -2.41. The fraction of sp³-hybridized carbons (Fsp3) is 0.458. The van der Waals surface area contributed by atoms with Gasteiger partial charge in [0, 0.05) is 57.9 Å². The van der Waals surface area contributed by atoms with Gasteiger partial charge in [-0.25, -0.2) is 4.39 Å². The molecule has 2 aromatic rings. The molecule has 31 heavy (non-hydrogen) atoms. The normalized spacial score (nSPS) is 19.0. The summed E-state index contributed by atoms with van der Waals surface area (Å²) in [6, 6.07) is 14.6. The molecule has 5 nitrogen and oxygen atoms in total. The van der Waals surface area contributed by atoms with Crippen molar-refractivity contribution in [1.29, 1.82) is 0 Å². The van der Waals surface area contributed by atoms with E-state index in [9.17, 15) is 9.18 Å². The molecular weight excluding hydrogens is 419 g/mol. The minimum Gasteiger partial charge on any atom is -0.383 e. The fourth-order valence-electron chi connectivity index (χ4n) is 4.25. The second kappa shape index (κ2) is 11.6. The topological polar surface area (TPSA) is 42.0 Å². The van der Waals surface area contributed by atoms with Crippen molar-refractivity contribution in [3.8, 4) is 0 Å². The molecule has 0 aliphatic carbocycles. The average Bonchev–Trinajstić information content (AvgIpc) is 3.15. The lowest BCUT2D eigenvalue weighted by Gasteiger charge is -2.28. The zero-order valence-electron chi connectivity index (χ0n) is 18.1. The van der Waals surface area contributed by atoms with Gasteiger partial charge in [-0.2, -0.15) is 0 Å². The van der Waals surface area contributed by atoms with Crippen LogP contribution >= 0.6 is 11.6 Å². The van der Waals surface area contributed by atoms with E-state index < -0.39 is 0 Å². The minimum absolute atomic E-state index is 0.0373. The van der Waals surface area contributed by atoms with E-state index >= 15 is 0 Å². The summed E-state index contributed by atoms with van der Waals surface area (Å²) in [5, 5.41) is 0.714. The summed E-state index contributed by atoms with van der Waals surface area (Å²) in [5.74, 6) is 0.00273. The van der Waals surface area contributed by atoms with Crippen molar-refractivity contribution in [3.05, 3.63) is 70.5 Å². The average molecular weight is 449 g/mol. The highest BCUT2D eigenvalue weighted by atomic mass is 35.5. The number of methoxy groups -OCH3 is 2. The van der Waals surface area contributed by atoms with Gasteiger partial charge < -0.3 is 14.4 Å². The van der Waals surface area contributed by atoms with E-state index in [0.29, 0.717) is 24.7 Å². The van der Waals surface area contributed by atoms with Gasteiger partial charge in [0.05, 0.1) is 6.61 Å². The maximum Gasteiger partial charge on any atom is 0.248 e. The first-order valence-corrected chi connectivity index (χ1v) is 10.9. The third kappa shape index (κ3) is 6.74. The highest BCUT2D eigenvalue weighted by Gasteiger charge is 2.35. The van der Waals surface area contributed by atoms with E-state index in [1.807, 2.05) is 30.3 Å². The van der Waals surface area contributed by atoms with E-state index in [4.69, 9.17) is 21.1 Å². The molecule has 0 aromatic heterocycles. The zero-order valence-corrected chi connectivity index (χ0v) is 18.9. The van der Waals surface area contributed by atoms with Crippen molar-refractivity contribution in [3.63, 3.8) is 0 Å². The number of hydrogen-bond donors (Lipinski definition) is 0. The van der Waals surface area contributed by atoms with E-state index in [1.165, 1.54) is 18.7 Å². The fourth-order valence-corrected chi connectivity index (χ4v) is 4.38. The summed E-state index contributed by atoms with van der Waals surface area (Å²) >= 11 is 6.02. The van der Waals surface area contributed by atoms with Crippen LogP contribution in [-0.2, 0) is 20.8 Å². The second-order valence-electron chi connectivity index (χ2n) is 8.01. The summed E-state index contributed by atoms with van der Waals surface area (Å²) < 4.78 is 24.2. The lowest BCUT2D eigenvalue weighted by atomic mass is 9.88. The van der Waals surface area contributed by atoms with Gasteiger partial charge >= 0.3 is 0 Å². The van der Waals surface area contributed by atoms with Crippen molar-refractivity contribution in [1.82, 2.24) is 9.80 Å². The van der Waals surface area contributed by atoms with Crippen LogP contribution in [0.2, 0.25) is 5.02 Å². The Morgan fingerprint density at radius 3 is 2.61 bits per heavy atom. The number of carbonyl (C=O) groups is 1. The van der Waals surface area contributed by atoms with Crippen LogP contribution in [-0.4, -0.2) is 69.3 Å². The van der Waals surface area contributed by atoms with Crippen molar-refractivity contribution >= 4 is 17.5 Å². The summed E-state index contributed by atoms with van der Waals surface area (Å²) in [5.41, 5.74) is 2.14. The van der Waals surface area contributed by atoms with Gasteiger partial charge in [-0.15, -0.1) is 0 Å². The van der Waals surface area contributed by atoms with Gasteiger partial charge in [0.25, 0.3) is 0 Å². The van der Waals surface area contributed by atoms with E-state index in [1.54, 1.807) is 24.1 Å². The number of amides is 1. The molecule has 1 aliphatic heterocycles. The maximum atomic E-state index is 14.0. The quantitative estimate of drug-likeness (QED) is 0.554. The predicted molar refractivity (Wildman–Crippen MR) is 120 cm³/mol. The molecule has 168 valence electrons. The van der Waals surface area contributed by atoms with Gasteiger partial charge in [-0.1, -0.05) is 35.9 Å². The first kappa shape index (κ1) is 23.7. The number of nitrogens with zero attached hydrogens (tertiary/aromatic N) is 2. The van der Waals surface area contributed by atoms with Crippen LogP contribution in [0.1, 0.15) is 17.0 Å². The van der Waals surface area contributed by atoms with Gasteiger partial charge in [0.1, 0.15) is 12.4 Å². The van der Waals surface area contributed by atoms with Crippen molar-refractivity contribution in [2.24, 2.45) is 5.92 Å². The number of ether oxygens (including phenoxy) is 2. The van der Waals surface area contributed by atoms with Crippen molar-refractivity contribution in [2.45, 2.75) is 12.5 Å². The molecule has 1 amide bonds. The molecule has 0 unspecified atom stereocenters. The van der Waals surface area contributed by atoms with E-state index in [-0.39, 0.29) is 30.2 Å². The molecule has 0 N–H and O–H groups in total. The molecule has 1 heterocycles. The summed E-state index contributed by atoms with van der Waals surface area (Å²) in [7, 11) is 3.14. The molecule has 2 atom stereocenters. The Bertz CT molecular complexity index is 849. The Hall–Kier alpha value is -1.99. The SMILES string of the molecule is COCCN(C[C@@H]1CN(Cc2ccc(Cl)cc2)C[C@@H]1c1cccc(F)c1)C(=O)COC. The molecule has 0 radical (unpaired) electrons. The van der Waals surface area contributed by atoms with Crippen LogP contribution in [0.25, 0.3) is 0 Å². The molecule has 0 spiro atoms. The highest BCUT2D eigenvalue weighted by molar-refractivity contribution is 6.30. The minimum atomic E-state index is -0.237. The molecular formula is C24H30ClFN2O3. The number of rotatable bonds is 10. The summed E-state index contributed by atoms with van der Waals surface area (Å²) in [4.78, 5) is 16.8. The second-order valence-corrected chi connectivity index (χ2v) is 8.44. The Kier molecular flexibility index (Phi) is 8.84. The van der Waals surface area contributed by atoms with Crippen molar-refractivity contribution < 1.29 is 18.7 Å². The Morgan fingerprint density at radius 2 is 1.94 bits per heavy atom. The Morgan fingerprint density at radius 1 is 1.16 bits per heavy atom. The van der Waals surface area contributed by atoms with Crippen molar-refractivity contribution in [2.75, 3.05) is 53.6 Å². The van der Waals surface area contributed by atoms with Gasteiger partial charge in [-0.3, -0.25) is 9.69 Å². The largest absolute Gasteiger partial charge is 0.383 e. The maximum absolute atomic E-state index is 14.0. The monoisotopic (exact) mass is 448 g/mol. The molecule has 1 aliphatic rings. The first-order chi connectivity index (χ1) is 15.0. The van der Waals surface area contributed by atoms with Crippen LogP contribution in [0.15, 0.2) is 48.5 Å². The van der Waals surface area contributed by atoms with Crippen LogP contribution in [0, 0.1) is 11.7 Å². The lowest BCUT2D eigenvalue weighted by molar-refractivity contribution is -0.136. The third-order valence-electron chi connectivity index (χ3n) is 5.75. The van der Waals surface area contributed by atoms with E-state index in [0.717, 1.165) is 25.2 Å². The molecule has 0 bridgehead atoms. The predicted octanol–water partition coefficient (Wildman–Crippen LogP) is 3.82. The number of halogens is 2. The Labute approximate surface area is 188 Å².